The maximum atomic E-state index is 10.8. The molecule has 0 saturated carbocycles. The van der Waals surface area contributed by atoms with Crippen LogP contribution in [0.15, 0.2) is 24.3 Å². The summed E-state index contributed by atoms with van der Waals surface area (Å²) in [6, 6.07) is 8.46. The zero-order chi connectivity index (χ0) is 13.0. The number of hydrogen-bond donors (Lipinski definition) is 0. The Labute approximate surface area is 112 Å². The van der Waals surface area contributed by atoms with Gasteiger partial charge >= 0.3 is 0 Å². The van der Waals surface area contributed by atoms with Crippen molar-refractivity contribution in [2.45, 2.75) is 25.7 Å². The summed E-state index contributed by atoms with van der Waals surface area (Å²) in [6.07, 6.45) is 3.08. The summed E-state index contributed by atoms with van der Waals surface area (Å²) >= 11 is 1.56. The van der Waals surface area contributed by atoms with E-state index in [1.54, 1.807) is 18.4 Å². The molecule has 0 N–H and O–H groups in total. The van der Waals surface area contributed by atoms with Gasteiger partial charge in [0, 0.05) is 18.4 Å². The lowest BCUT2D eigenvalue weighted by atomic mass is 9.93. The molecule has 0 spiro atoms. The molecule has 1 aromatic carbocycles. The van der Waals surface area contributed by atoms with Gasteiger partial charge in [-0.2, -0.15) is 0 Å². The summed E-state index contributed by atoms with van der Waals surface area (Å²) in [5.41, 5.74) is 1.35. The molecule has 0 aliphatic carbocycles. The zero-order valence-corrected chi connectivity index (χ0v) is 11.6. The SMILES string of the molecule is CCC(CCOC)c1ccc2cc(C=O)sc2c1. The summed E-state index contributed by atoms with van der Waals surface area (Å²) in [6.45, 7) is 3.00. The number of rotatable bonds is 6. The first-order valence-corrected chi connectivity index (χ1v) is 7.07. The average Bonchev–Trinajstić information content (AvgIpc) is 2.82. The lowest BCUT2D eigenvalue weighted by Crippen LogP contribution is -2.01. The minimum absolute atomic E-state index is 0.538. The summed E-state index contributed by atoms with van der Waals surface area (Å²) in [7, 11) is 1.74. The fraction of sp³-hybridized carbons (Fsp3) is 0.400. The molecule has 0 aliphatic rings. The van der Waals surface area contributed by atoms with Crippen molar-refractivity contribution in [1.29, 1.82) is 0 Å². The third-order valence-corrected chi connectivity index (χ3v) is 4.34. The highest BCUT2D eigenvalue weighted by molar-refractivity contribution is 7.20. The number of aldehydes is 1. The van der Waals surface area contributed by atoms with Gasteiger partial charge in [-0.05, 0) is 41.8 Å². The van der Waals surface area contributed by atoms with Crippen molar-refractivity contribution >= 4 is 27.7 Å². The molecule has 1 atom stereocenters. The molecule has 18 heavy (non-hydrogen) atoms. The number of carbonyl (C=O) groups excluding carboxylic acids is 1. The van der Waals surface area contributed by atoms with E-state index in [1.807, 2.05) is 6.07 Å². The van der Waals surface area contributed by atoms with Gasteiger partial charge in [-0.25, -0.2) is 0 Å². The highest BCUT2D eigenvalue weighted by Crippen LogP contribution is 2.30. The number of methoxy groups -OCH3 is 1. The Morgan fingerprint density at radius 3 is 2.89 bits per heavy atom. The quantitative estimate of drug-likeness (QED) is 0.728. The molecule has 0 fully saturated rings. The predicted octanol–water partition coefficient (Wildman–Crippen LogP) is 4.24. The van der Waals surface area contributed by atoms with Crippen LogP contribution in [0.1, 0.15) is 40.9 Å². The average molecular weight is 262 g/mol. The Hall–Kier alpha value is -1.19. The van der Waals surface area contributed by atoms with Crippen LogP contribution >= 0.6 is 11.3 Å². The van der Waals surface area contributed by atoms with Gasteiger partial charge < -0.3 is 4.74 Å². The van der Waals surface area contributed by atoms with Crippen LogP contribution in [0.5, 0.6) is 0 Å². The van der Waals surface area contributed by atoms with Crippen LogP contribution in [0.4, 0.5) is 0 Å². The molecule has 0 aliphatic heterocycles. The standard InChI is InChI=1S/C15H18O2S/c1-3-11(6-7-17-2)12-4-5-13-8-14(10-16)18-15(13)9-12/h4-5,8-11H,3,6-7H2,1-2H3. The van der Waals surface area contributed by atoms with Gasteiger partial charge in [0.15, 0.2) is 6.29 Å². The van der Waals surface area contributed by atoms with E-state index in [4.69, 9.17) is 4.74 Å². The normalized spacial score (nSPS) is 12.8. The zero-order valence-electron chi connectivity index (χ0n) is 10.8. The van der Waals surface area contributed by atoms with Crippen LogP contribution in [0.2, 0.25) is 0 Å². The summed E-state index contributed by atoms with van der Waals surface area (Å²) in [4.78, 5) is 11.6. The molecule has 2 nitrogen and oxygen atoms in total. The van der Waals surface area contributed by atoms with Crippen molar-refractivity contribution in [3.8, 4) is 0 Å². The van der Waals surface area contributed by atoms with Crippen LogP contribution in [0.25, 0.3) is 10.1 Å². The molecule has 0 radical (unpaired) electrons. The van der Waals surface area contributed by atoms with Crippen LogP contribution in [0, 0.1) is 0 Å². The molecule has 2 rings (SSSR count). The monoisotopic (exact) mass is 262 g/mol. The van der Waals surface area contributed by atoms with Crippen LogP contribution in [-0.4, -0.2) is 20.0 Å². The third-order valence-electron chi connectivity index (χ3n) is 3.31. The second-order valence-corrected chi connectivity index (χ2v) is 5.57. The smallest absolute Gasteiger partial charge is 0.160 e. The van der Waals surface area contributed by atoms with Crippen molar-refractivity contribution in [3.05, 3.63) is 34.7 Å². The van der Waals surface area contributed by atoms with Crippen molar-refractivity contribution in [2.24, 2.45) is 0 Å². The van der Waals surface area contributed by atoms with Gasteiger partial charge in [0.1, 0.15) is 0 Å². The molecule has 2 aromatic rings. The minimum atomic E-state index is 0.538. The first kappa shape index (κ1) is 13.2. The fourth-order valence-corrected chi connectivity index (χ4v) is 3.17. The van der Waals surface area contributed by atoms with Gasteiger partial charge in [0.25, 0.3) is 0 Å². The lowest BCUT2D eigenvalue weighted by molar-refractivity contribution is 0.112. The van der Waals surface area contributed by atoms with Crippen molar-refractivity contribution in [2.75, 3.05) is 13.7 Å². The van der Waals surface area contributed by atoms with E-state index in [-0.39, 0.29) is 0 Å². The molecule has 96 valence electrons. The second kappa shape index (κ2) is 6.12. The summed E-state index contributed by atoms with van der Waals surface area (Å²) < 4.78 is 6.36. The van der Waals surface area contributed by atoms with E-state index in [0.29, 0.717) is 5.92 Å². The number of benzene rings is 1. The Bertz CT molecular complexity index is 530. The van der Waals surface area contributed by atoms with E-state index in [2.05, 4.69) is 25.1 Å². The van der Waals surface area contributed by atoms with Gasteiger partial charge in [-0.1, -0.05) is 19.1 Å². The van der Waals surface area contributed by atoms with Crippen molar-refractivity contribution < 1.29 is 9.53 Å². The van der Waals surface area contributed by atoms with Crippen LogP contribution in [0.3, 0.4) is 0 Å². The molecule has 0 bridgehead atoms. The van der Waals surface area contributed by atoms with E-state index >= 15 is 0 Å². The largest absolute Gasteiger partial charge is 0.385 e. The van der Waals surface area contributed by atoms with Crippen molar-refractivity contribution in [1.82, 2.24) is 0 Å². The molecular formula is C15H18O2S. The first-order chi connectivity index (χ1) is 8.78. The molecular weight excluding hydrogens is 244 g/mol. The van der Waals surface area contributed by atoms with Crippen molar-refractivity contribution in [3.63, 3.8) is 0 Å². The minimum Gasteiger partial charge on any atom is -0.385 e. The topological polar surface area (TPSA) is 26.3 Å². The summed E-state index contributed by atoms with van der Waals surface area (Å²) in [5, 5.41) is 1.16. The van der Waals surface area contributed by atoms with E-state index in [0.717, 1.165) is 36.0 Å². The van der Waals surface area contributed by atoms with E-state index < -0.39 is 0 Å². The van der Waals surface area contributed by atoms with Crippen LogP contribution in [-0.2, 0) is 4.74 Å². The Morgan fingerprint density at radius 1 is 1.39 bits per heavy atom. The number of carbonyl (C=O) groups is 1. The van der Waals surface area contributed by atoms with E-state index in [9.17, 15) is 4.79 Å². The maximum Gasteiger partial charge on any atom is 0.160 e. The molecule has 1 heterocycles. The number of fused-ring (bicyclic) bond motifs is 1. The molecule has 0 amide bonds. The molecule has 1 aromatic heterocycles. The number of hydrogen-bond acceptors (Lipinski definition) is 3. The third kappa shape index (κ3) is 2.79. The lowest BCUT2D eigenvalue weighted by Gasteiger charge is -2.14. The Kier molecular flexibility index (Phi) is 4.50. The molecule has 3 heteroatoms. The van der Waals surface area contributed by atoms with E-state index in [1.165, 1.54) is 10.3 Å². The van der Waals surface area contributed by atoms with Gasteiger partial charge in [0.05, 0.1) is 4.88 Å². The Balaban J connectivity index is 2.29. The highest BCUT2D eigenvalue weighted by atomic mass is 32.1. The highest BCUT2D eigenvalue weighted by Gasteiger charge is 2.10. The first-order valence-electron chi connectivity index (χ1n) is 6.26. The van der Waals surface area contributed by atoms with Gasteiger partial charge in [0.2, 0.25) is 0 Å². The van der Waals surface area contributed by atoms with Gasteiger partial charge in [-0.3, -0.25) is 4.79 Å². The predicted molar refractivity (Wildman–Crippen MR) is 76.7 cm³/mol. The molecule has 0 saturated heterocycles. The second-order valence-electron chi connectivity index (χ2n) is 4.45. The number of ether oxygens (including phenoxy) is 1. The summed E-state index contributed by atoms with van der Waals surface area (Å²) in [5.74, 6) is 0.538. The van der Waals surface area contributed by atoms with Crippen LogP contribution < -0.4 is 0 Å². The maximum absolute atomic E-state index is 10.8. The fourth-order valence-electron chi connectivity index (χ4n) is 2.25. The number of thiophene rings is 1. The van der Waals surface area contributed by atoms with Gasteiger partial charge in [-0.15, -0.1) is 11.3 Å². The Morgan fingerprint density at radius 2 is 2.22 bits per heavy atom. The molecule has 1 unspecified atom stereocenters.